The number of ether oxygens (including phenoxy) is 1. The van der Waals surface area contributed by atoms with Gasteiger partial charge in [0.15, 0.2) is 11.5 Å². The number of rotatable bonds is 4. The number of hydrogen-bond donors (Lipinski definition) is 0. The molecule has 140 valence electrons. The van der Waals surface area contributed by atoms with Gasteiger partial charge in [-0.1, -0.05) is 12.1 Å². The molecule has 0 aliphatic carbocycles. The molecule has 0 atom stereocenters. The van der Waals surface area contributed by atoms with Crippen molar-refractivity contribution in [2.75, 3.05) is 24.6 Å². The van der Waals surface area contributed by atoms with Gasteiger partial charge in [0.05, 0.1) is 12.2 Å². The quantitative estimate of drug-likeness (QED) is 0.612. The number of thiophene rings is 1. The van der Waals surface area contributed by atoms with Gasteiger partial charge in [-0.3, -0.25) is 4.79 Å². The van der Waals surface area contributed by atoms with E-state index in [2.05, 4.69) is 4.90 Å². The molecule has 0 radical (unpaired) electrons. The molecule has 3 aromatic rings. The van der Waals surface area contributed by atoms with Crippen LogP contribution < -0.4 is 10.3 Å². The Hall–Kier alpha value is -2.60. The van der Waals surface area contributed by atoms with E-state index in [4.69, 9.17) is 9.15 Å². The van der Waals surface area contributed by atoms with Gasteiger partial charge in [0.2, 0.25) is 5.43 Å². The molecule has 5 nitrogen and oxygen atoms in total. The molecule has 3 heterocycles. The highest BCUT2D eigenvalue weighted by molar-refractivity contribution is 7.17. The average Bonchev–Trinajstić information content (AvgIpc) is 3.13. The molecule has 0 amide bonds. The van der Waals surface area contributed by atoms with E-state index in [0.717, 1.165) is 37.1 Å². The van der Waals surface area contributed by atoms with E-state index >= 15 is 0 Å². The van der Waals surface area contributed by atoms with Crippen molar-refractivity contribution in [2.45, 2.75) is 26.2 Å². The predicted octanol–water partition coefficient (Wildman–Crippen LogP) is 4.69. The lowest BCUT2D eigenvalue weighted by Gasteiger charge is -2.26. The van der Waals surface area contributed by atoms with Crippen LogP contribution in [0.4, 0.5) is 5.88 Å². The standard InChI is InChI=1S/C21H21NO4S/c1-2-25-21(24)15-8-6-14(7-9-15)16-13-27-20-17(23)12-18(26-19(16)20)22-10-4-3-5-11-22/h6-9,12-13H,2-5,10-11H2,1H3. The molecule has 1 fully saturated rings. The van der Waals surface area contributed by atoms with E-state index in [-0.39, 0.29) is 11.4 Å². The predicted molar refractivity (Wildman–Crippen MR) is 108 cm³/mol. The summed E-state index contributed by atoms with van der Waals surface area (Å²) in [5.74, 6) is 0.313. The fourth-order valence-corrected chi connectivity index (χ4v) is 4.31. The maximum atomic E-state index is 12.6. The summed E-state index contributed by atoms with van der Waals surface area (Å²) < 4.78 is 11.8. The molecule has 1 saturated heterocycles. The van der Waals surface area contributed by atoms with Gasteiger partial charge < -0.3 is 14.1 Å². The van der Waals surface area contributed by atoms with Gasteiger partial charge >= 0.3 is 5.97 Å². The van der Waals surface area contributed by atoms with Gasteiger partial charge in [-0.15, -0.1) is 11.3 Å². The highest BCUT2D eigenvalue weighted by Gasteiger charge is 2.18. The molecule has 4 rings (SSSR count). The van der Waals surface area contributed by atoms with Crippen LogP contribution in [0.3, 0.4) is 0 Å². The Morgan fingerprint density at radius 1 is 1.19 bits per heavy atom. The maximum absolute atomic E-state index is 12.6. The minimum absolute atomic E-state index is 0.00350. The molecule has 0 spiro atoms. The summed E-state index contributed by atoms with van der Waals surface area (Å²) in [6.45, 7) is 3.97. The summed E-state index contributed by atoms with van der Waals surface area (Å²) in [6, 6.07) is 8.81. The van der Waals surface area contributed by atoms with Crippen molar-refractivity contribution in [1.29, 1.82) is 0 Å². The van der Waals surface area contributed by atoms with Crippen LogP contribution in [0.15, 0.2) is 44.9 Å². The van der Waals surface area contributed by atoms with Gasteiger partial charge in [-0.2, -0.15) is 0 Å². The number of anilines is 1. The van der Waals surface area contributed by atoms with Crippen molar-refractivity contribution in [3.63, 3.8) is 0 Å². The summed E-state index contributed by atoms with van der Waals surface area (Å²) >= 11 is 1.39. The Morgan fingerprint density at radius 2 is 1.93 bits per heavy atom. The first-order valence-electron chi connectivity index (χ1n) is 9.25. The fourth-order valence-electron chi connectivity index (χ4n) is 3.40. The zero-order valence-electron chi connectivity index (χ0n) is 15.2. The molecule has 27 heavy (non-hydrogen) atoms. The Morgan fingerprint density at radius 3 is 2.63 bits per heavy atom. The molecular weight excluding hydrogens is 362 g/mol. The number of benzene rings is 1. The van der Waals surface area contributed by atoms with Crippen molar-refractivity contribution in [1.82, 2.24) is 0 Å². The van der Waals surface area contributed by atoms with E-state index in [9.17, 15) is 9.59 Å². The van der Waals surface area contributed by atoms with Gasteiger partial charge in [0, 0.05) is 30.1 Å². The summed E-state index contributed by atoms with van der Waals surface area (Å²) in [6.07, 6.45) is 3.46. The molecule has 0 saturated carbocycles. The molecule has 2 aromatic heterocycles. The van der Waals surface area contributed by atoms with Crippen LogP contribution >= 0.6 is 11.3 Å². The molecule has 1 aromatic carbocycles. The van der Waals surface area contributed by atoms with Crippen molar-refractivity contribution < 1.29 is 13.9 Å². The highest BCUT2D eigenvalue weighted by atomic mass is 32.1. The molecular formula is C21H21NO4S. The topological polar surface area (TPSA) is 59.8 Å². The number of hydrogen-bond acceptors (Lipinski definition) is 6. The van der Waals surface area contributed by atoms with E-state index in [1.54, 1.807) is 25.1 Å². The molecule has 6 heteroatoms. The molecule has 0 N–H and O–H groups in total. The second-order valence-corrected chi connectivity index (χ2v) is 7.48. The second-order valence-electron chi connectivity index (χ2n) is 6.60. The minimum Gasteiger partial charge on any atom is -0.462 e. The number of piperidine rings is 1. The summed E-state index contributed by atoms with van der Waals surface area (Å²) in [5.41, 5.74) is 2.92. The molecule has 1 aliphatic heterocycles. The smallest absolute Gasteiger partial charge is 0.338 e. The first-order chi connectivity index (χ1) is 13.2. The average molecular weight is 383 g/mol. The Labute approximate surface area is 161 Å². The van der Waals surface area contributed by atoms with E-state index in [1.165, 1.54) is 17.8 Å². The number of carbonyl (C=O) groups is 1. The lowest BCUT2D eigenvalue weighted by Crippen LogP contribution is -2.29. The normalized spacial score (nSPS) is 14.5. The third-order valence-electron chi connectivity index (χ3n) is 4.81. The number of carbonyl (C=O) groups excluding carboxylic acids is 1. The highest BCUT2D eigenvalue weighted by Crippen LogP contribution is 2.35. The van der Waals surface area contributed by atoms with E-state index < -0.39 is 0 Å². The summed E-state index contributed by atoms with van der Waals surface area (Å²) in [7, 11) is 0. The third-order valence-corrected chi connectivity index (χ3v) is 5.78. The van der Waals surface area contributed by atoms with Gasteiger partial charge in [0.1, 0.15) is 4.70 Å². The van der Waals surface area contributed by atoms with Crippen molar-refractivity contribution in [3.8, 4) is 11.1 Å². The van der Waals surface area contributed by atoms with Gasteiger partial charge in [-0.05, 0) is 43.9 Å². The fraction of sp³-hybridized carbons (Fsp3) is 0.333. The lowest BCUT2D eigenvalue weighted by molar-refractivity contribution is 0.0526. The first-order valence-corrected chi connectivity index (χ1v) is 10.1. The summed E-state index contributed by atoms with van der Waals surface area (Å²) in [4.78, 5) is 26.5. The maximum Gasteiger partial charge on any atom is 0.338 e. The Kier molecular flexibility index (Phi) is 4.99. The van der Waals surface area contributed by atoms with Crippen molar-refractivity contribution >= 4 is 33.5 Å². The van der Waals surface area contributed by atoms with Crippen LogP contribution in [0.25, 0.3) is 21.4 Å². The summed E-state index contributed by atoms with van der Waals surface area (Å²) in [5, 5.41) is 1.94. The van der Waals surface area contributed by atoms with Crippen LogP contribution in [0.5, 0.6) is 0 Å². The third kappa shape index (κ3) is 3.49. The number of nitrogens with zero attached hydrogens (tertiary/aromatic N) is 1. The SMILES string of the molecule is CCOC(=O)c1ccc(-c2csc3c(=O)cc(N4CCCCC4)oc23)cc1. The zero-order valence-corrected chi connectivity index (χ0v) is 16.0. The van der Waals surface area contributed by atoms with E-state index in [1.807, 2.05) is 17.5 Å². The van der Waals surface area contributed by atoms with Gasteiger partial charge in [-0.25, -0.2) is 4.79 Å². The van der Waals surface area contributed by atoms with Crippen LogP contribution in [0.2, 0.25) is 0 Å². The lowest BCUT2D eigenvalue weighted by atomic mass is 10.1. The minimum atomic E-state index is -0.335. The van der Waals surface area contributed by atoms with Crippen molar-refractivity contribution in [3.05, 3.63) is 51.5 Å². The second kappa shape index (κ2) is 7.56. The number of fused-ring (bicyclic) bond motifs is 1. The Balaban J connectivity index is 1.72. The largest absolute Gasteiger partial charge is 0.462 e. The Bertz CT molecular complexity index is 1010. The first kappa shape index (κ1) is 17.8. The van der Waals surface area contributed by atoms with E-state index in [0.29, 0.717) is 28.3 Å². The van der Waals surface area contributed by atoms with Crippen LogP contribution in [-0.2, 0) is 4.74 Å². The molecule has 0 unspecified atom stereocenters. The van der Waals surface area contributed by atoms with Crippen LogP contribution in [0.1, 0.15) is 36.5 Å². The van der Waals surface area contributed by atoms with Crippen molar-refractivity contribution in [2.24, 2.45) is 0 Å². The van der Waals surface area contributed by atoms with Gasteiger partial charge in [0.25, 0.3) is 0 Å². The number of esters is 1. The van der Waals surface area contributed by atoms with Crippen LogP contribution in [-0.4, -0.2) is 25.7 Å². The molecule has 1 aliphatic rings. The monoisotopic (exact) mass is 383 g/mol. The molecule has 0 bridgehead atoms. The van der Waals surface area contributed by atoms with Crippen LogP contribution in [0, 0.1) is 0 Å². The zero-order chi connectivity index (χ0) is 18.8.